The molecule has 0 aliphatic carbocycles. The zero-order chi connectivity index (χ0) is 18.2. The molecule has 0 aromatic heterocycles. The summed E-state index contributed by atoms with van der Waals surface area (Å²) in [7, 11) is 7.29. The van der Waals surface area contributed by atoms with Crippen LogP contribution >= 0.6 is 0 Å². The highest BCUT2D eigenvalue weighted by atomic mass is 16.5. The third-order valence-electron chi connectivity index (χ3n) is 4.45. The van der Waals surface area contributed by atoms with E-state index < -0.39 is 0 Å². The summed E-state index contributed by atoms with van der Waals surface area (Å²) in [5, 5.41) is 0. The zero-order valence-corrected chi connectivity index (χ0v) is 15.5. The number of Topliss-reactive ketones (excluding diaryl/α,β-unsaturated/α-hetero) is 1. The average molecular weight is 341 g/mol. The molecule has 25 heavy (non-hydrogen) atoms. The molecule has 0 saturated carbocycles. The van der Waals surface area contributed by atoms with Crippen molar-refractivity contribution in [1.29, 1.82) is 0 Å². The molecule has 0 aliphatic heterocycles. The van der Waals surface area contributed by atoms with Crippen LogP contribution in [0.2, 0.25) is 0 Å². The number of carbonyl (C=O) groups is 1. The Kier molecular flexibility index (Phi) is 7.02. The van der Waals surface area contributed by atoms with Gasteiger partial charge in [-0.2, -0.15) is 0 Å². The van der Waals surface area contributed by atoms with Crippen LogP contribution in [-0.4, -0.2) is 45.0 Å². The lowest BCUT2D eigenvalue weighted by Crippen LogP contribution is -2.30. The number of likely N-dealkylation sites (N-methyl/N-ethyl adjacent to an activating group) is 1. The predicted molar refractivity (Wildman–Crippen MR) is 101 cm³/mol. The molecule has 4 nitrogen and oxygen atoms in total. The molecule has 0 spiro atoms. The van der Waals surface area contributed by atoms with Gasteiger partial charge in [0.1, 0.15) is 0 Å². The molecule has 0 fully saturated rings. The summed E-state index contributed by atoms with van der Waals surface area (Å²) < 4.78 is 10.5. The van der Waals surface area contributed by atoms with Gasteiger partial charge in [0.05, 0.1) is 14.2 Å². The van der Waals surface area contributed by atoms with E-state index >= 15 is 0 Å². The summed E-state index contributed by atoms with van der Waals surface area (Å²) in [4.78, 5) is 14.8. The van der Waals surface area contributed by atoms with E-state index in [4.69, 9.17) is 9.47 Å². The molecule has 2 aromatic carbocycles. The molecular formula is C21H27NO3. The first kappa shape index (κ1) is 19.0. The lowest BCUT2D eigenvalue weighted by atomic mass is 9.97. The van der Waals surface area contributed by atoms with E-state index in [0.717, 1.165) is 12.8 Å². The summed E-state index contributed by atoms with van der Waals surface area (Å²) in [6.45, 7) is 0. The summed E-state index contributed by atoms with van der Waals surface area (Å²) in [6, 6.07) is 16.0. The molecule has 0 bridgehead atoms. The third kappa shape index (κ3) is 5.33. The fraction of sp³-hybridized carbons (Fsp3) is 0.381. The molecule has 134 valence electrons. The Bertz CT molecular complexity index is 683. The average Bonchev–Trinajstić information content (AvgIpc) is 2.64. The Morgan fingerprint density at radius 2 is 1.68 bits per heavy atom. The minimum atomic E-state index is 0.126. The van der Waals surface area contributed by atoms with Gasteiger partial charge < -0.3 is 14.4 Å². The topological polar surface area (TPSA) is 38.8 Å². The first-order chi connectivity index (χ1) is 12.0. The molecule has 2 aromatic rings. The fourth-order valence-electron chi connectivity index (χ4n) is 2.88. The maximum Gasteiger partial charge on any atom is 0.163 e. The van der Waals surface area contributed by atoms with Gasteiger partial charge in [-0.05, 0) is 50.7 Å². The number of ketones is 1. The lowest BCUT2D eigenvalue weighted by Gasteiger charge is -2.24. The largest absolute Gasteiger partial charge is 0.493 e. The van der Waals surface area contributed by atoms with Crippen LogP contribution in [0.1, 0.15) is 28.8 Å². The minimum absolute atomic E-state index is 0.126. The molecule has 4 heteroatoms. The quantitative estimate of drug-likeness (QED) is 0.650. The monoisotopic (exact) mass is 341 g/mol. The Morgan fingerprint density at radius 1 is 1.00 bits per heavy atom. The Labute approximate surface area is 150 Å². The van der Waals surface area contributed by atoms with Crippen molar-refractivity contribution < 1.29 is 14.3 Å². The highest BCUT2D eigenvalue weighted by Gasteiger charge is 2.16. The smallest absolute Gasteiger partial charge is 0.163 e. The van der Waals surface area contributed by atoms with Gasteiger partial charge in [0.25, 0.3) is 0 Å². The van der Waals surface area contributed by atoms with Crippen LogP contribution in [0.15, 0.2) is 48.5 Å². The lowest BCUT2D eigenvalue weighted by molar-refractivity contribution is 0.0968. The third-order valence-corrected chi connectivity index (χ3v) is 4.45. The van der Waals surface area contributed by atoms with E-state index in [9.17, 15) is 4.79 Å². The van der Waals surface area contributed by atoms with E-state index in [-0.39, 0.29) is 5.78 Å². The van der Waals surface area contributed by atoms with Gasteiger partial charge in [-0.1, -0.05) is 30.3 Å². The van der Waals surface area contributed by atoms with Crippen molar-refractivity contribution in [3.05, 3.63) is 59.7 Å². The highest BCUT2D eigenvalue weighted by molar-refractivity contribution is 5.96. The molecule has 0 N–H and O–H groups in total. The van der Waals surface area contributed by atoms with Crippen molar-refractivity contribution >= 4 is 5.78 Å². The molecule has 1 unspecified atom stereocenters. The van der Waals surface area contributed by atoms with Crippen LogP contribution in [0.3, 0.4) is 0 Å². The summed E-state index contributed by atoms with van der Waals surface area (Å²) in [6.07, 6.45) is 2.26. The molecular weight excluding hydrogens is 314 g/mol. The maximum atomic E-state index is 12.6. The summed E-state index contributed by atoms with van der Waals surface area (Å²) >= 11 is 0. The van der Waals surface area contributed by atoms with Crippen molar-refractivity contribution in [1.82, 2.24) is 4.90 Å². The van der Waals surface area contributed by atoms with Crippen LogP contribution in [-0.2, 0) is 6.42 Å². The van der Waals surface area contributed by atoms with Crippen molar-refractivity contribution in [2.45, 2.75) is 25.3 Å². The Balaban J connectivity index is 2.01. The molecule has 0 saturated heterocycles. The van der Waals surface area contributed by atoms with Crippen LogP contribution in [0, 0.1) is 0 Å². The van der Waals surface area contributed by atoms with E-state index in [1.54, 1.807) is 32.4 Å². The second-order valence-electron chi connectivity index (χ2n) is 6.34. The van der Waals surface area contributed by atoms with E-state index in [2.05, 4.69) is 43.3 Å². The standard InChI is InChI=1S/C21H27NO3/c1-22(2)18(14-16-8-6-5-7-9-16)11-12-19(23)17-10-13-20(24-3)21(15-17)25-4/h5-10,13,15,18H,11-12,14H2,1-4H3. The number of rotatable bonds is 9. The highest BCUT2D eigenvalue weighted by Crippen LogP contribution is 2.28. The van der Waals surface area contributed by atoms with Crippen LogP contribution in [0.4, 0.5) is 0 Å². The van der Waals surface area contributed by atoms with Gasteiger partial charge in [0, 0.05) is 18.0 Å². The van der Waals surface area contributed by atoms with Crippen molar-refractivity contribution in [3.8, 4) is 11.5 Å². The summed E-state index contributed by atoms with van der Waals surface area (Å²) in [5.41, 5.74) is 1.95. The van der Waals surface area contributed by atoms with Crippen LogP contribution < -0.4 is 9.47 Å². The number of hydrogen-bond donors (Lipinski definition) is 0. The number of ether oxygens (including phenoxy) is 2. The fourth-order valence-corrected chi connectivity index (χ4v) is 2.88. The Morgan fingerprint density at radius 3 is 2.28 bits per heavy atom. The van der Waals surface area contributed by atoms with Gasteiger partial charge in [0.15, 0.2) is 17.3 Å². The molecule has 0 radical (unpaired) electrons. The maximum absolute atomic E-state index is 12.6. The second kappa shape index (κ2) is 9.23. The van der Waals surface area contributed by atoms with Gasteiger partial charge in [-0.25, -0.2) is 0 Å². The number of nitrogens with zero attached hydrogens (tertiary/aromatic N) is 1. The van der Waals surface area contributed by atoms with Crippen molar-refractivity contribution in [2.75, 3.05) is 28.3 Å². The SMILES string of the molecule is COc1ccc(C(=O)CCC(Cc2ccccc2)N(C)C)cc1OC. The Hall–Kier alpha value is -2.33. The molecule has 0 heterocycles. The zero-order valence-electron chi connectivity index (χ0n) is 15.5. The van der Waals surface area contributed by atoms with Crippen LogP contribution in [0.5, 0.6) is 11.5 Å². The normalized spacial score (nSPS) is 12.0. The number of benzene rings is 2. The first-order valence-corrected chi connectivity index (χ1v) is 8.50. The minimum Gasteiger partial charge on any atom is -0.493 e. The van der Waals surface area contributed by atoms with Crippen molar-refractivity contribution in [3.63, 3.8) is 0 Å². The van der Waals surface area contributed by atoms with Gasteiger partial charge >= 0.3 is 0 Å². The molecule has 0 amide bonds. The van der Waals surface area contributed by atoms with Gasteiger partial charge in [-0.15, -0.1) is 0 Å². The molecule has 0 aliphatic rings. The number of methoxy groups -OCH3 is 2. The van der Waals surface area contributed by atoms with E-state index in [1.807, 2.05) is 6.07 Å². The second-order valence-corrected chi connectivity index (χ2v) is 6.34. The summed E-state index contributed by atoms with van der Waals surface area (Å²) in [5.74, 6) is 1.34. The van der Waals surface area contributed by atoms with E-state index in [1.165, 1.54) is 5.56 Å². The van der Waals surface area contributed by atoms with Crippen LogP contribution in [0.25, 0.3) is 0 Å². The molecule has 1 atom stereocenters. The number of hydrogen-bond acceptors (Lipinski definition) is 4. The van der Waals surface area contributed by atoms with Gasteiger partial charge in [0.2, 0.25) is 0 Å². The van der Waals surface area contributed by atoms with Gasteiger partial charge in [-0.3, -0.25) is 4.79 Å². The first-order valence-electron chi connectivity index (χ1n) is 8.50. The predicted octanol–water partition coefficient (Wildman–Crippen LogP) is 3.84. The van der Waals surface area contributed by atoms with Crippen molar-refractivity contribution in [2.24, 2.45) is 0 Å². The molecule has 2 rings (SSSR count). The van der Waals surface area contributed by atoms with E-state index in [0.29, 0.717) is 29.5 Å². The number of carbonyl (C=O) groups excluding carboxylic acids is 1.